The Morgan fingerprint density at radius 1 is 1.44 bits per heavy atom. The maximum atomic E-state index is 12.0. The molecule has 56 valence electrons. The lowest BCUT2D eigenvalue weighted by molar-refractivity contribution is -0.250. The van der Waals surface area contributed by atoms with Gasteiger partial charge in [0.1, 0.15) is 0 Å². The number of aliphatic hydroxyl groups is 1. The van der Waals surface area contributed by atoms with E-state index < -0.39 is 18.3 Å². The van der Waals surface area contributed by atoms with Gasteiger partial charge in [0.15, 0.2) is 0 Å². The Morgan fingerprint density at radius 2 is 1.78 bits per heavy atom. The van der Waals surface area contributed by atoms with Gasteiger partial charge in [-0.25, -0.2) is 4.39 Å². The number of rotatable bonds is 2. The first-order valence-corrected chi connectivity index (χ1v) is 2.39. The van der Waals surface area contributed by atoms with Crippen molar-refractivity contribution in [2.75, 3.05) is 0 Å². The Labute approximate surface area is 50.5 Å². The van der Waals surface area contributed by atoms with Gasteiger partial charge in [0.05, 0.1) is 0 Å². The van der Waals surface area contributed by atoms with Crippen molar-refractivity contribution in [1.29, 1.82) is 0 Å². The average Bonchev–Trinajstić information content (AvgIpc) is 1.64. The summed E-state index contributed by atoms with van der Waals surface area (Å²) in [6.07, 6.45) is -0.726. The highest BCUT2D eigenvalue weighted by Crippen LogP contribution is 2.27. The first-order chi connectivity index (χ1) is 3.81. The van der Waals surface area contributed by atoms with E-state index in [-0.39, 0.29) is 0 Å². The van der Waals surface area contributed by atoms with Crippen molar-refractivity contribution in [1.82, 2.24) is 0 Å². The third kappa shape index (κ3) is 1.83. The second-order valence-corrected chi connectivity index (χ2v) is 1.74. The Kier molecular flexibility index (Phi) is 2.08. The van der Waals surface area contributed by atoms with Gasteiger partial charge in [-0.05, 0) is 0 Å². The summed E-state index contributed by atoms with van der Waals surface area (Å²) in [6.45, 7) is 1.07. The van der Waals surface area contributed by atoms with Gasteiger partial charge in [0.2, 0.25) is 0 Å². The van der Waals surface area contributed by atoms with Crippen LogP contribution in [0.15, 0.2) is 0 Å². The minimum atomic E-state index is -4.16. The Bertz CT molecular complexity index is 98.5. The van der Waals surface area contributed by atoms with Crippen LogP contribution in [0.5, 0.6) is 0 Å². The third-order valence-electron chi connectivity index (χ3n) is 0.979. The molecule has 0 radical (unpaired) electrons. The summed E-state index contributed by atoms with van der Waals surface area (Å²) in [5.74, 6) is -3.58. The number of hydrogen-bond donors (Lipinski definition) is 2. The minimum Gasteiger partial charge on any atom is -0.356 e. The zero-order valence-electron chi connectivity index (χ0n) is 4.87. The lowest BCUT2D eigenvalue weighted by atomic mass is 10.2. The molecule has 0 aromatic heterocycles. The molecule has 5 heteroatoms. The Balaban J connectivity index is 4.14. The summed E-state index contributed by atoms with van der Waals surface area (Å²) in [5, 5.41) is 8.12. The van der Waals surface area contributed by atoms with E-state index in [9.17, 15) is 13.2 Å². The van der Waals surface area contributed by atoms with Crippen LogP contribution in [0.4, 0.5) is 13.2 Å². The molecule has 0 spiro atoms. The van der Waals surface area contributed by atoms with Crippen LogP contribution in [-0.2, 0) is 0 Å². The van der Waals surface area contributed by atoms with Crippen LogP contribution in [-0.4, -0.2) is 17.0 Å². The third-order valence-corrected chi connectivity index (χ3v) is 0.979. The van der Waals surface area contributed by atoms with Crippen LogP contribution < -0.4 is 5.73 Å². The fourth-order valence-corrected chi connectivity index (χ4v) is 0.236. The fourth-order valence-electron chi connectivity index (χ4n) is 0.236. The molecule has 1 unspecified atom stereocenters. The zero-order valence-corrected chi connectivity index (χ0v) is 4.87. The van der Waals surface area contributed by atoms with Gasteiger partial charge in [0, 0.05) is 6.42 Å². The van der Waals surface area contributed by atoms with Gasteiger partial charge in [-0.1, -0.05) is 6.92 Å². The predicted molar refractivity (Wildman–Crippen MR) is 25.5 cm³/mol. The topological polar surface area (TPSA) is 46.2 Å². The molecule has 0 saturated heterocycles. The smallest absolute Gasteiger partial charge is 0.356 e. The summed E-state index contributed by atoms with van der Waals surface area (Å²) in [5.41, 5.74) is 3.97. The molecule has 3 N–H and O–H groups in total. The molecule has 9 heavy (non-hydrogen) atoms. The van der Waals surface area contributed by atoms with Crippen LogP contribution in [0.3, 0.4) is 0 Å². The molecule has 0 heterocycles. The normalized spacial score (nSPS) is 19.3. The van der Waals surface area contributed by atoms with E-state index in [0.29, 0.717) is 0 Å². The zero-order chi connectivity index (χ0) is 7.71. The van der Waals surface area contributed by atoms with Crippen molar-refractivity contribution >= 4 is 0 Å². The van der Waals surface area contributed by atoms with Crippen molar-refractivity contribution in [2.45, 2.75) is 25.2 Å². The molecular formula is C4H8F3NO. The lowest BCUT2D eigenvalue weighted by Crippen LogP contribution is -2.50. The van der Waals surface area contributed by atoms with Gasteiger partial charge < -0.3 is 5.11 Å². The van der Waals surface area contributed by atoms with E-state index in [1.165, 1.54) is 0 Å². The van der Waals surface area contributed by atoms with Gasteiger partial charge >= 0.3 is 6.05 Å². The maximum Gasteiger partial charge on any atom is 0.358 e. The maximum absolute atomic E-state index is 12.0. The number of alkyl halides is 3. The summed E-state index contributed by atoms with van der Waals surface area (Å²) >= 11 is 0. The number of halogens is 3. The molecule has 0 rings (SSSR count). The summed E-state index contributed by atoms with van der Waals surface area (Å²) in [4.78, 5) is 0. The molecule has 0 aromatic carbocycles. The highest BCUT2D eigenvalue weighted by Gasteiger charge is 2.49. The number of nitrogens with two attached hydrogens (primary N) is 1. The summed E-state index contributed by atoms with van der Waals surface area (Å²) < 4.78 is 35.3. The molecule has 0 fully saturated rings. The van der Waals surface area contributed by atoms with Crippen molar-refractivity contribution in [3.05, 3.63) is 0 Å². The van der Waals surface area contributed by atoms with Gasteiger partial charge in [-0.2, -0.15) is 8.78 Å². The Morgan fingerprint density at radius 3 is 1.78 bits per heavy atom. The summed E-state index contributed by atoms with van der Waals surface area (Å²) in [7, 11) is 0. The molecule has 1 atom stereocenters. The van der Waals surface area contributed by atoms with E-state index in [2.05, 4.69) is 5.73 Å². The van der Waals surface area contributed by atoms with Gasteiger partial charge in [-0.15, -0.1) is 0 Å². The second kappa shape index (κ2) is 2.15. The van der Waals surface area contributed by atoms with E-state index in [0.717, 1.165) is 6.92 Å². The van der Waals surface area contributed by atoms with Crippen LogP contribution in [0.2, 0.25) is 0 Å². The molecular weight excluding hydrogens is 135 g/mol. The highest BCUT2D eigenvalue weighted by atomic mass is 19.3. The highest BCUT2D eigenvalue weighted by molar-refractivity contribution is 4.75. The average molecular weight is 143 g/mol. The van der Waals surface area contributed by atoms with Crippen LogP contribution >= 0.6 is 0 Å². The van der Waals surface area contributed by atoms with Crippen molar-refractivity contribution in [3.8, 4) is 0 Å². The fraction of sp³-hybridized carbons (Fsp3) is 1.00. The van der Waals surface area contributed by atoms with Crippen LogP contribution in [0, 0.1) is 0 Å². The molecule has 0 amide bonds. The van der Waals surface area contributed by atoms with E-state index >= 15 is 0 Å². The van der Waals surface area contributed by atoms with Crippen molar-refractivity contribution < 1.29 is 18.3 Å². The standard InChI is InChI=1S/C4H8F3NO/c1-2-3(5,9)4(6,7)8/h9H,2,8H2,1H3. The first-order valence-electron chi connectivity index (χ1n) is 2.39. The van der Waals surface area contributed by atoms with Crippen LogP contribution in [0.25, 0.3) is 0 Å². The number of hydrogen-bond acceptors (Lipinski definition) is 2. The molecule has 0 aromatic rings. The van der Waals surface area contributed by atoms with E-state index in [1.807, 2.05) is 0 Å². The molecule has 0 bridgehead atoms. The van der Waals surface area contributed by atoms with Crippen LogP contribution in [0.1, 0.15) is 13.3 Å². The Hall–Kier alpha value is -0.290. The lowest BCUT2D eigenvalue weighted by Gasteiger charge is -2.22. The second-order valence-electron chi connectivity index (χ2n) is 1.74. The van der Waals surface area contributed by atoms with Gasteiger partial charge in [0.25, 0.3) is 5.85 Å². The molecule has 0 saturated carbocycles. The summed E-state index contributed by atoms with van der Waals surface area (Å²) in [6, 6.07) is -4.16. The predicted octanol–water partition coefficient (Wildman–Crippen LogP) is 0.606. The van der Waals surface area contributed by atoms with Gasteiger partial charge in [-0.3, -0.25) is 5.73 Å². The van der Waals surface area contributed by atoms with Crippen molar-refractivity contribution in [3.63, 3.8) is 0 Å². The quantitative estimate of drug-likeness (QED) is 0.556. The monoisotopic (exact) mass is 143 g/mol. The largest absolute Gasteiger partial charge is 0.358 e. The van der Waals surface area contributed by atoms with E-state index in [1.54, 1.807) is 0 Å². The van der Waals surface area contributed by atoms with E-state index in [4.69, 9.17) is 5.11 Å². The molecule has 0 aliphatic heterocycles. The minimum absolute atomic E-state index is 0.726. The molecule has 0 aliphatic carbocycles. The SMILES string of the molecule is CCC(O)(F)C(N)(F)F. The first kappa shape index (κ1) is 8.71. The molecule has 2 nitrogen and oxygen atoms in total. The van der Waals surface area contributed by atoms with Crippen molar-refractivity contribution in [2.24, 2.45) is 5.73 Å². The molecule has 0 aliphatic rings.